The molecule has 1 aliphatic carbocycles. The van der Waals surface area contributed by atoms with Crippen LogP contribution in [0.5, 0.6) is 5.75 Å². The summed E-state index contributed by atoms with van der Waals surface area (Å²) in [5.74, 6) is 0.139. The molecule has 0 spiro atoms. The highest BCUT2D eigenvalue weighted by molar-refractivity contribution is 5.31. The molecule has 1 aromatic carbocycles. The van der Waals surface area contributed by atoms with E-state index in [0.717, 1.165) is 18.4 Å². The fourth-order valence-electron chi connectivity index (χ4n) is 2.23. The van der Waals surface area contributed by atoms with E-state index < -0.39 is 0 Å². The molecule has 0 aromatic heterocycles. The Balaban J connectivity index is 2.08. The van der Waals surface area contributed by atoms with Gasteiger partial charge in [0.15, 0.2) is 11.6 Å². The van der Waals surface area contributed by atoms with Crippen LogP contribution in [-0.4, -0.2) is 13.2 Å². The lowest BCUT2D eigenvalue weighted by Gasteiger charge is -2.16. The number of hydrogen-bond acceptors (Lipinski definition) is 2. The Morgan fingerprint density at radius 2 is 2.06 bits per heavy atom. The lowest BCUT2D eigenvalue weighted by molar-refractivity contribution is 0.200. The fraction of sp³-hybridized carbons (Fsp3) is 0.571. The average Bonchev–Trinajstić information content (AvgIpc) is 2.83. The van der Waals surface area contributed by atoms with E-state index in [1.807, 2.05) is 20.0 Å². The monoisotopic (exact) mass is 237 g/mol. The fourth-order valence-corrected chi connectivity index (χ4v) is 2.23. The topological polar surface area (TPSA) is 21.3 Å². The molecule has 1 atom stereocenters. The number of ether oxygens (including phenoxy) is 1. The second-order valence-corrected chi connectivity index (χ2v) is 4.72. The van der Waals surface area contributed by atoms with Crippen molar-refractivity contribution in [3.8, 4) is 5.75 Å². The zero-order valence-corrected chi connectivity index (χ0v) is 10.5. The molecule has 0 bridgehead atoms. The first kappa shape index (κ1) is 12.4. The summed E-state index contributed by atoms with van der Waals surface area (Å²) < 4.78 is 19.5. The van der Waals surface area contributed by atoms with E-state index in [1.165, 1.54) is 12.8 Å². The summed E-state index contributed by atoms with van der Waals surface area (Å²) in [6.45, 7) is 2.01. The van der Waals surface area contributed by atoms with Crippen molar-refractivity contribution in [2.75, 3.05) is 7.05 Å². The predicted octanol–water partition coefficient (Wildman–Crippen LogP) is 3.43. The average molecular weight is 237 g/mol. The Hall–Kier alpha value is -1.09. The molecule has 0 saturated heterocycles. The van der Waals surface area contributed by atoms with Gasteiger partial charge in [0.25, 0.3) is 0 Å². The van der Waals surface area contributed by atoms with Gasteiger partial charge in [-0.05, 0) is 57.4 Å². The van der Waals surface area contributed by atoms with Crippen molar-refractivity contribution in [2.45, 2.75) is 44.8 Å². The molecule has 2 rings (SSSR count). The predicted molar refractivity (Wildman–Crippen MR) is 66.8 cm³/mol. The van der Waals surface area contributed by atoms with Crippen LogP contribution in [0.25, 0.3) is 0 Å². The van der Waals surface area contributed by atoms with Crippen molar-refractivity contribution in [1.29, 1.82) is 0 Å². The molecule has 1 saturated carbocycles. The summed E-state index contributed by atoms with van der Waals surface area (Å²) in [7, 11) is 1.87. The van der Waals surface area contributed by atoms with Gasteiger partial charge in [0.1, 0.15) is 0 Å². The number of hydrogen-bond donors (Lipinski definition) is 1. The van der Waals surface area contributed by atoms with Crippen molar-refractivity contribution in [1.82, 2.24) is 5.32 Å². The van der Waals surface area contributed by atoms with Gasteiger partial charge in [-0.15, -0.1) is 0 Å². The minimum absolute atomic E-state index is 0.157. The SMILES string of the molecule is CNC(C)c1ccc(OC2CCCC2)c(F)c1. The lowest BCUT2D eigenvalue weighted by atomic mass is 10.1. The van der Waals surface area contributed by atoms with Gasteiger partial charge in [-0.2, -0.15) is 0 Å². The third kappa shape index (κ3) is 2.97. The van der Waals surface area contributed by atoms with E-state index in [-0.39, 0.29) is 18.0 Å². The van der Waals surface area contributed by atoms with E-state index in [0.29, 0.717) is 5.75 Å². The van der Waals surface area contributed by atoms with Crippen LogP contribution in [0.15, 0.2) is 18.2 Å². The van der Waals surface area contributed by atoms with Crippen molar-refractivity contribution in [3.05, 3.63) is 29.6 Å². The van der Waals surface area contributed by atoms with Crippen LogP contribution < -0.4 is 10.1 Å². The minimum atomic E-state index is -0.253. The van der Waals surface area contributed by atoms with Crippen molar-refractivity contribution < 1.29 is 9.13 Å². The molecule has 0 heterocycles. The normalized spacial score (nSPS) is 18.3. The second kappa shape index (κ2) is 5.50. The molecule has 1 aromatic rings. The molecule has 0 amide bonds. The van der Waals surface area contributed by atoms with Crippen LogP contribution in [0.1, 0.15) is 44.2 Å². The van der Waals surface area contributed by atoms with Crippen LogP contribution >= 0.6 is 0 Å². The molecule has 3 heteroatoms. The Labute approximate surface area is 102 Å². The summed E-state index contributed by atoms with van der Waals surface area (Å²) >= 11 is 0. The van der Waals surface area contributed by atoms with E-state index >= 15 is 0 Å². The Morgan fingerprint density at radius 3 is 2.65 bits per heavy atom. The lowest BCUT2D eigenvalue weighted by Crippen LogP contribution is -2.14. The van der Waals surface area contributed by atoms with Gasteiger partial charge in [-0.3, -0.25) is 0 Å². The molecular formula is C14H20FNO. The summed E-state index contributed by atoms with van der Waals surface area (Å²) in [4.78, 5) is 0. The summed E-state index contributed by atoms with van der Waals surface area (Å²) in [5.41, 5.74) is 0.948. The van der Waals surface area contributed by atoms with Gasteiger partial charge in [0.2, 0.25) is 0 Å². The van der Waals surface area contributed by atoms with E-state index in [2.05, 4.69) is 5.32 Å². The van der Waals surface area contributed by atoms with Gasteiger partial charge >= 0.3 is 0 Å². The molecule has 1 N–H and O–H groups in total. The van der Waals surface area contributed by atoms with Gasteiger partial charge in [0, 0.05) is 6.04 Å². The maximum Gasteiger partial charge on any atom is 0.165 e. The number of halogens is 1. The van der Waals surface area contributed by atoms with Gasteiger partial charge in [-0.25, -0.2) is 4.39 Å². The summed E-state index contributed by atoms with van der Waals surface area (Å²) in [6.07, 6.45) is 4.70. The number of nitrogens with one attached hydrogen (secondary N) is 1. The maximum absolute atomic E-state index is 13.8. The zero-order valence-electron chi connectivity index (χ0n) is 10.5. The van der Waals surface area contributed by atoms with Crippen LogP contribution in [0.2, 0.25) is 0 Å². The Kier molecular flexibility index (Phi) is 4.00. The van der Waals surface area contributed by atoms with Gasteiger partial charge in [0.05, 0.1) is 6.10 Å². The molecule has 1 aliphatic rings. The van der Waals surface area contributed by atoms with E-state index in [4.69, 9.17) is 4.74 Å². The highest BCUT2D eigenvalue weighted by Gasteiger charge is 2.18. The molecule has 17 heavy (non-hydrogen) atoms. The van der Waals surface area contributed by atoms with Crippen molar-refractivity contribution in [2.24, 2.45) is 0 Å². The Bertz CT molecular complexity index is 374. The van der Waals surface area contributed by atoms with Crippen molar-refractivity contribution >= 4 is 0 Å². The first-order valence-electron chi connectivity index (χ1n) is 6.34. The molecule has 0 aliphatic heterocycles. The summed E-state index contributed by atoms with van der Waals surface area (Å²) in [6, 6.07) is 5.39. The van der Waals surface area contributed by atoms with E-state index in [9.17, 15) is 4.39 Å². The van der Waals surface area contributed by atoms with Crippen LogP contribution in [0.4, 0.5) is 4.39 Å². The molecule has 1 unspecified atom stereocenters. The molecule has 2 nitrogen and oxygen atoms in total. The smallest absolute Gasteiger partial charge is 0.165 e. The third-order valence-electron chi connectivity index (χ3n) is 3.48. The van der Waals surface area contributed by atoms with Crippen molar-refractivity contribution in [3.63, 3.8) is 0 Å². The third-order valence-corrected chi connectivity index (χ3v) is 3.48. The molecule has 0 radical (unpaired) electrons. The standard InChI is InChI=1S/C14H20FNO/c1-10(16-2)11-7-8-14(13(15)9-11)17-12-5-3-4-6-12/h7-10,12,16H,3-6H2,1-2H3. The minimum Gasteiger partial charge on any atom is -0.487 e. The van der Waals surface area contributed by atoms with E-state index in [1.54, 1.807) is 12.1 Å². The number of benzene rings is 1. The highest BCUT2D eigenvalue weighted by Crippen LogP contribution is 2.27. The maximum atomic E-state index is 13.8. The zero-order chi connectivity index (χ0) is 12.3. The van der Waals surface area contributed by atoms with Gasteiger partial charge in [-0.1, -0.05) is 6.07 Å². The molecule has 1 fully saturated rings. The first-order chi connectivity index (χ1) is 8.20. The quantitative estimate of drug-likeness (QED) is 0.866. The molecule has 94 valence electrons. The first-order valence-corrected chi connectivity index (χ1v) is 6.34. The van der Waals surface area contributed by atoms with Crippen LogP contribution in [0.3, 0.4) is 0 Å². The van der Waals surface area contributed by atoms with Gasteiger partial charge < -0.3 is 10.1 Å². The molecular weight excluding hydrogens is 217 g/mol. The Morgan fingerprint density at radius 1 is 1.35 bits per heavy atom. The highest BCUT2D eigenvalue weighted by atomic mass is 19.1. The largest absolute Gasteiger partial charge is 0.487 e. The number of rotatable bonds is 4. The summed E-state index contributed by atoms with van der Waals surface area (Å²) in [5, 5.41) is 3.09. The second-order valence-electron chi connectivity index (χ2n) is 4.72. The van der Waals surface area contributed by atoms with Crippen LogP contribution in [-0.2, 0) is 0 Å². The van der Waals surface area contributed by atoms with Crippen LogP contribution in [0, 0.1) is 5.82 Å².